The third kappa shape index (κ3) is 7.11. The van der Waals surface area contributed by atoms with Crippen molar-refractivity contribution in [2.45, 2.75) is 37.8 Å². The molecule has 0 aliphatic heterocycles. The normalized spacial score (nSPS) is 11.1. The Kier molecular flexibility index (Phi) is 8.77. The van der Waals surface area contributed by atoms with Gasteiger partial charge in [-0.25, -0.2) is 12.8 Å². The van der Waals surface area contributed by atoms with E-state index in [1.165, 1.54) is 53.6 Å². The van der Waals surface area contributed by atoms with Crippen molar-refractivity contribution in [2.75, 3.05) is 10.0 Å². The molecule has 2 N–H and O–H groups in total. The molecule has 0 saturated carbocycles. The highest BCUT2D eigenvalue weighted by Crippen LogP contribution is 2.25. The van der Waals surface area contributed by atoms with E-state index in [9.17, 15) is 22.4 Å². The minimum Gasteiger partial charge on any atom is -0.467 e. The van der Waals surface area contributed by atoms with Crippen LogP contribution in [-0.4, -0.2) is 25.1 Å². The lowest BCUT2D eigenvalue weighted by Gasteiger charge is -2.24. The van der Waals surface area contributed by atoms with Gasteiger partial charge in [0.1, 0.15) is 11.6 Å². The second-order valence-electron chi connectivity index (χ2n) is 8.81. The number of hydrogen-bond donors (Lipinski definition) is 2. The fourth-order valence-electron chi connectivity index (χ4n) is 3.93. The standard InChI is InChI=1S/C29H28FN3O5S/c1-2-8-28(34)31-22-14-16-24(17-15-22)39(36,37)32-27-13-6-3-9-21(27)19-33(20-23-10-7-18-38-23)29(35)25-11-4-5-12-26(25)30/h3-7,9-18,32H,2,8,19-20H2,1H3,(H,31,34). The lowest BCUT2D eigenvalue weighted by molar-refractivity contribution is -0.116. The molecular formula is C29H28FN3O5S. The zero-order chi connectivity index (χ0) is 27.8. The van der Waals surface area contributed by atoms with Crippen LogP contribution in [0.1, 0.15) is 41.4 Å². The van der Waals surface area contributed by atoms with Gasteiger partial charge >= 0.3 is 0 Å². The van der Waals surface area contributed by atoms with Crippen LogP contribution in [0.15, 0.2) is 101 Å². The summed E-state index contributed by atoms with van der Waals surface area (Å²) in [5, 5.41) is 2.72. The van der Waals surface area contributed by atoms with Gasteiger partial charge in [-0.2, -0.15) is 0 Å². The van der Waals surface area contributed by atoms with E-state index in [0.29, 0.717) is 29.9 Å². The van der Waals surface area contributed by atoms with Gasteiger partial charge in [0.15, 0.2) is 0 Å². The van der Waals surface area contributed by atoms with Crippen LogP contribution in [0.3, 0.4) is 0 Å². The third-order valence-corrected chi connectivity index (χ3v) is 7.25. The van der Waals surface area contributed by atoms with E-state index in [0.717, 1.165) is 0 Å². The average Bonchev–Trinajstić information content (AvgIpc) is 3.43. The lowest BCUT2D eigenvalue weighted by atomic mass is 10.1. The van der Waals surface area contributed by atoms with Crippen LogP contribution in [0.4, 0.5) is 15.8 Å². The molecule has 0 aliphatic rings. The molecule has 0 aliphatic carbocycles. The molecule has 1 aromatic heterocycles. The van der Waals surface area contributed by atoms with Crippen LogP contribution in [0.5, 0.6) is 0 Å². The van der Waals surface area contributed by atoms with Gasteiger partial charge in [0.05, 0.1) is 29.0 Å². The first-order valence-corrected chi connectivity index (χ1v) is 13.8. The van der Waals surface area contributed by atoms with E-state index in [-0.39, 0.29) is 35.1 Å². The number of rotatable bonds is 11. The summed E-state index contributed by atoms with van der Waals surface area (Å²) in [4.78, 5) is 26.5. The quantitative estimate of drug-likeness (QED) is 0.246. The molecule has 0 saturated heterocycles. The number of carbonyl (C=O) groups is 2. The third-order valence-electron chi connectivity index (χ3n) is 5.87. The maximum absolute atomic E-state index is 14.5. The molecule has 0 atom stereocenters. The second-order valence-corrected chi connectivity index (χ2v) is 10.5. The number of nitrogens with one attached hydrogen (secondary N) is 2. The van der Waals surface area contributed by atoms with Crippen molar-refractivity contribution >= 4 is 33.2 Å². The molecule has 0 spiro atoms. The molecule has 10 heteroatoms. The van der Waals surface area contributed by atoms with Gasteiger partial charge in [0.2, 0.25) is 5.91 Å². The second kappa shape index (κ2) is 12.4. The minimum atomic E-state index is -4.00. The van der Waals surface area contributed by atoms with Gasteiger partial charge in [0, 0.05) is 18.7 Å². The van der Waals surface area contributed by atoms with Crippen molar-refractivity contribution in [1.29, 1.82) is 0 Å². The molecule has 1 heterocycles. The Balaban J connectivity index is 1.57. The van der Waals surface area contributed by atoms with Crippen LogP contribution < -0.4 is 10.0 Å². The van der Waals surface area contributed by atoms with Gasteiger partial charge in [0.25, 0.3) is 15.9 Å². The number of sulfonamides is 1. The topological polar surface area (TPSA) is 109 Å². The molecule has 39 heavy (non-hydrogen) atoms. The highest BCUT2D eigenvalue weighted by molar-refractivity contribution is 7.92. The number of anilines is 2. The number of benzene rings is 3. The van der Waals surface area contributed by atoms with Crippen LogP contribution in [0, 0.1) is 5.82 Å². The summed E-state index contributed by atoms with van der Waals surface area (Å²) in [6, 6.07) is 21.6. The van der Waals surface area contributed by atoms with Gasteiger partial charge in [-0.15, -0.1) is 0 Å². The van der Waals surface area contributed by atoms with Crippen molar-refractivity contribution in [1.82, 2.24) is 4.90 Å². The summed E-state index contributed by atoms with van der Waals surface area (Å²) in [7, 11) is -4.00. The van der Waals surface area contributed by atoms with E-state index in [4.69, 9.17) is 4.42 Å². The molecule has 8 nitrogen and oxygen atoms in total. The highest BCUT2D eigenvalue weighted by atomic mass is 32.2. The Hall–Kier alpha value is -4.44. The molecule has 0 fully saturated rings. The molecule has 0 unspecified atom stereocenters. The predicted molar refractivity (Wildman–Crippen MR) is 146 cm³/mol. The number of hydrogen-bond acceptors (Lipinski definition) is 5. The summed E-state index contributed by atoms with van der Waals surface area (Å²) < 4.78 is 48.8. The first kappa shape index (κ1) is 27.6. The Labute approximate surface area is 226 Å². The Morgan fingerprint density at radius 3 is 2.31 bits per heavy atom. The Morgan fingerprint density at radius 2 is 1.62 bits per heavy atom. The van der Waals surface area contributed by atoms with Crippen LogP contribution >= 0.6 is 0 Å². The van der Waals surface area contributed by atoms with E-state index >= 15 is 0 Å². The summed E-state index contributed by atoms with van der Waals surface area (Å²) in [5.41, 5.74) is 1.16. The Bertz CT molecular complexity index is 1540. The van der Waals surface area contributed by atoms with Gasteiger partial charge in [-0.3, -0.25) is 14.3 Å². The lowest BCUT2D eigenvalue weighted by Crippen LogP contribution is -2.31. The first-order valence-electron chi connectivity index (χ1n) is 12.3. The number of nitrogens with zero attached hydrogens (tertiary/aromatic N) is 1. The van der Waals surface area contributed by atoms with Crippen LogP contribution in [0.2, 0.25) is 0 Å². The van der Waals surface area contributed by atoms with Gasteiger partial charge in [-0.1, -0.05) is 37.3 Å². The number of carbonyl (C=O) groups excluding carboxylic acids is 2. The van der Waals surface area contributed by atoms with Crippen molar-refractivity contribution < 1.29 is 26.8 Å². The zero-order valence-corrected chi connectivity index (χ0v) is 22.1. The van der Waals surface area contributed by atoms with Crippen molar-refractivity contribution in [3.63, 3.8) is 0 Å². The van der Waals surface area contributed by atoms with E-state index in [2.05, 4.69) is 10.0 Å². The molecule has 0 bridgehead atoms. The van der Waals surface area contributed by atoms with Gasteiger partial charge in [-0.05, 0) is 66.6 Å². The smallest absolute Gasteiger partial charge is 0.261 e. The highest BCUT2D eigenvalue weighted by Gasteiger charge is 2.23. The number of furan rings is 1. The number of para-hydroxylation sites is 1. The summed E-state index contributed by atoms with van der Waals surface area (Å²) in [6.45, 7) is 1.92. The molecule has 202 valence electrons. The average molecular weight is 550 g/mol. The maximum atomic E-state index is 14.5. The van der Waals surface area contributed by atoms with Crippen molar-refractivity contribution in [2.24, 2.45) is 0 Å². The maximum Gasteiger partial charge on any atom is 0.261 e. The fraction of sp³-hybridized carbons (Fsp3) is 0.172. The van der Waals surface area contributed by atoms with Crippen molar-refractivity contribution in [3.05, 3.63) is 114 Å². The fourth-order valence-corrected chi connectivity index (χ4v) is 5.03. The summed E-state index contributed by atoms with van der Waals surface area (Å²) in [5.74, 6) is -0.883. The molecule has 0 radical (unpaired) electrons. The number of halogens is 1. The minimum absolute atomic E-state index is 0.000619. The Morgan fingerprint density at radius 1 is 0.897 bits per heavy atom. The van der Waals surface area contributed by atoms with E-state index in [1.54, 1.807) is 42.5 Å². The summed E-state index contributed by atoms with van der Waals surface area (Å²) >= 11 is 0. The molecule has 4 aromatic rings. The summed E-state index contributed by atoms with van der Waals surface area (Å²) in [6.07, 6.45) is 2.55. The molecular weight excluding hydrogens is 521 g/mol. The van der Waals surface area contributed by atoms with E-state index < -0.39 is 21.7 Å². The zero-order valence-electron chi connectivity index (χ0n) is 21.3. The molecule has 4 rings (SSSR count). The van der Waals surface area contributed by atoms with Gasteiger partial charge < -0.3 is 14.6 Å². The van der Waals surface area contributed by atoms with E-state index in [1.807, 2.05) is 6.92 Å². The first-order chi connectivity index (χ1) is 18.8. The predicted octanol–water partition coefficient (Wildman–Crippen LogP) is 5.80. The van der Waals surface area contributed by atoms with Crippen LogP contribution in [0.25, 0.3) is 0 Å². The SMILES string of the molecule is CCCC(=O)Nc1ccc(S(=O)(=O)Nc2ccccc2CN(Cc2ccco2)C(=O)c2ccccc2F)cc1. The number of amides is 2. The molecule has 2 amide bonds. The molecule has 3 aromatic carbocycles. The van der Waals surface area contributed by atoms with Crippen molar-refractivity contribution in [3.8, 4) is 0 Å². The largest absolute Gasteiger partial charge is 0.467 e. The van der Waals surface area contributed by atoms with Crippen LogP contribution in [-0.2, 0) is 27.9 Å². The monoisotopic (exact) mass is 549 g/mol.